The van der Waals surface area contributed by atoms with E-state index in [1.54, 1.807) is 12.1 Å². The van der Waals surface area contributed by atoms with Crippen LogP contribution >= 0.6 is 0 Å². The third-order valence-electron chi connectivity index (χ3n) is 4.77. The van der Waals surface area contributed by atoms with Crippen molar-refractivity contribution in [2.45, 2.75) is 19.8 Å². The summed E-state index contributed by atoms with van der Waals surface area (Å²) in [7, 11) is 0. The van der Waals surface area contributed by atoms with Crippen LogP contribution in [0.1, 0.15) is 39.1 Å². The predicted molar refractivity (Wildman–Crippen MR) is 96.0 cm³/mol. The zero-order valence-corrected chi connectivity index (χ0v) is 15.1. The molecule has 7 heteroatoms. The van der Waals surface area contributed by atoms with Gasteiger partial charge in [0.25, 0.3) is 11.8 Å². The molecule has 2 heterocycles. The van der Waals surface area contributed by atoms with Gasteiger partial charge in [-0.3, -0.25) is 24.2 Å². The Morgan fingerprint density at radius 1 is 1.12 bits per heavy atom. The summed E-state index contributed by atoms with van der Waals surface area (Å²) in [6, 6.07) is 5.21. The van der Waals surface area contributed by atoms with E-state index in [4.69, 9.17) is 4.74 Å². The zero-order valence-electron chi connectivity index (χ0n) is 15.1. The normalized spacial score (nSPS) is 17.5. The second-order valence-electron chi connectivity index (χ2n) is 6.72. The Morgan fingerprint density at radius 2 is 1.85 bits per heavy atom. The first-order valence-electron chi connectivity index (χ1n) is 9.10. The third-order valence-corrected chi connectivity index (χ3v) is 4.77. The lowest BCUT2D eigenvalue weighted by Crippen LogP contribution is -2.38. The molecule has 0 radical (unpaired) electrons. The van der Waals surface area contributed by atoms with Gasteiger partial charge in [0, 0.05) is 32.6 Å². The fourth-order valence-electron chi connectivity index (χ4n) is 3.26. The molecule has 0 aromatic heterocycles. The van der Waals surface area contributed by atoms with Gasteiger partial charge in [-0.15, -0.1) is 0 Å². The molecule has 2 aliphatic rings. The molecule has 0 aliphatic carbocycles. The number of hydrogen-bond acceptors (Lipinski definition) is 5. The highest BCUT2D eigenvalue weighted by atomic mass is 16.5. The lowest BCUT2D eigenvalue weighted by atomic mass is 10.1. The number of carbonyl (C=O) groups is 3. The van der Waals surface area contributed by atoms with Gasteiger partial charge < -0.3 is 10.1 Å². The Balaban J connectivity index is 1.39. The van der Waals surface area contributed by atoms with Crippen molar-refractivity contribution in [2.75, 3.05) is 45.9 Å². The van der Waals surface area contributed by atoms with Crippen molar-refractivity contribution in [2.24, 2.45) is 0 Å². The lowest BCUT2D eigenvalue weighted by molar-refractivity contribution is -0.121. The molecule has 140 valence electrons. The Bertz CT molecular complexity index is 698. The molecule has 1 aromatic carbocycles. The van der Waals surface area contributed by atoms with Gasteiger partial charge in [-0.05, 0) is 32.0 Å². The Hall–Kier alpha value is -2.25. The van der Waals surface area contributed by atoms with E-state index in [9.17, 15) is 14.4 Å². The van der Waals surface area contributed by atoms with Crippen LogP contribution in [-0.4, -0.2) is 73.5 Å². The predicted octanol–water partition coefficient (Wildman–Crippen LogP) is 0.820. The number of benzene rings is 1. The number of ether oxygens (including phenoxy) is 1. The van der Waals surface area contributed by atoms with Crippen LogP contribution in [0.25, 0.3) is 0 Å². The van der Waals surface area contributed by atoms with E-state index >= 15 is 0 Å². The van der Waals surface area contributed by atoms with Crippen molar-refractivity contribution in [1.29, 1.82) is 0 Å². The molecule has 26 heavy (non-hydrogen) atoms. The minimum absolute atomic E-state index is 0.112. The number of hydrogen-bond donors (Lipinski definition) is 1. The van der Waals surface area contributed by atoms with E-state index in [0.29, 0.717) is 17.7 Å². The van der Waals surface area contributed by atoms with Gasteiger partial charge in [0.2, 0.25) is 5.91 Å². The number of aryl methyl sites for hydroxylation is 1. The van der Waals surface area contributed by atoms with E-state index in [2.05, 4.69) is 10.2 Å². The van der Waals surface area contributed by atoms with Crippen molar-refractivity contribution in [1.82, 2.24) is 15.1 Å². The van der Waals surface area contributed by atoms with Gasteiger partial charge in [0.1, 0.15) is 0 Å². The van der Waals surface area contributed by atoms with Crippen LogP contribution in [0, 0.1) is 6.92 Å². The van der Waals surface area contributed by atoms with Gasteiger partial charge in [-0.2, -0.15) is 0 Å². The first-order valence-corrected chi connectivity index (χ1v) is 9.10. The molecule has 3 rings (SSSR count). The summed E-state index contributed by atoms with van der Waals surface area (Å²) in [6.45, 7) is 6.93. The Morgan fingerprint density at radius 3 is 2.62 bits per heavy atom. The van der Waals surface area contributed by atoms with Gasteiger partial charge in [-0.1, -0.05) is 11.6 Å². The highest BCUT2D eigenvalue weighted by Gasteiger charge is 2.35. The van der Waals surface area contributed by atoms with Crippen molar-refractivity contribution in [3.8, 4) is 0 Å². The summed E-state index contributed by atoms with van der Waals surface area (Å²) in [5, 5.41) is 2.86. The van der Waals surface area contributed by atoms with Crippen LogP contribution in [0.5, 0.6) is 0 Å². The first kappa shape index (κ1) is 18.5. The highest BCUT2D eigenvalue weighted by Crippen LogP contribution is 2.23. The second kappa shape index (κ2) is 8.42. The Labute approximate surface area is 153 Å². The quantitative estimate of drug-likeness (QED) is 0.576. The average Bonchev–Trinajstić information content (AvgIpc) is 2.88. The third kappa shape index (κ3) is 4.28. The van der Waals surface area contributed by atoms with E-state index in [1.807, 2.05) is 13.0 Å². The fraction of sp³-hybridized carbons (Fsp3) is 0.526. The molecule has 3 amide bonds. The summed E-state index contributed by atoms with van der Waals surface area (Å²) in [4.78, 5) is 40.2. The minimum Gasteiger partial charge on any atom is -0.379 e. The number of fused-ring (bicyclic) bond motifs is 1. The number of rotatable bonds is 7. The zero-order chi connectivity index (χ0) is 18.5. The van der Waals surface area contributed by atoms with Crippen molar-refractivity contribution < 1.29 is 19.1 Å². The topological polar surface area (TPSA) is 79.0 Å². The molecule has 0 bridgehead atoms. The molecule has 0 unspecified atom stereocenters. The smallest absolute Gasteiger partial charge is 0.261 e. The molecule has 1 fully saturated rings. The molecule has 1 N–H and O–H groups in total. The monoisotopic (exact) mass is 359 g/mol. The molecule has 0 saturated carbocycles. The van der Waals surface area contributed by atoms with Crippen LogP contribution in [0.15, 0.2) is 18.2 Å². The molecule has 0 spiro atoms. The number of morpholine rings is 1. The van der Waals surface area contributed by atoms with Crippen LogP contribution < -0.4 is 5.32 Å². The van der Waals surface area contributed by atoms with Crippen molar-refractivity contribution >= 4 is 17.7 Å². The number of imide groups is 1. The lowest BCUT2D eigenvalue weighted by Gasteiger charge is -2.26. The second-order valence-corrected chi connectivity index (χ2v) is 6.72. The standard InChI is InChI=1S/C19H25N3O4/c1-14-3-4-15-16(13-14)19(25)22(18(15)24)8-5-17(23)20-6-2-7-21-9-11-26-12-10-21/h3-4,13H,2,5-12H2,1H3,(H,20,23). The number of nitrogens with one attached hydrogen (secondary N) is 1. The minimum atomic E-state index is -0.315. The van der Waals surface area contributed by atoms with Gasteiger partial charge in [0.15, 0.2) is 0 Å². The molecule has 7 nitrogen and oxygen atoms in total. The number of carbonyl (C=O) groups excluding carboxylic acids is 3. The fourth-order valence-corrected chi connectivity index (χ4v) is 3.26. The number of nitrogens with zero attached hydrogens (tertiary/aromatic N) is 2. The van der Waals surface area contributed by atoms with Crippen LogP contribution in [0.3, 0.4) is 0 Å². The molecular formula is C19H25N3O4. The number of amides is 3. The van der Waals surface area contributed by atoms with E-state index in [-0.39, 0.29) is 30.7 Å². The van der Waals surface area contributed by atoms with Crippen LogP contribution in [0.4, 0.5) is 0 Å². The van der Waals surface area contributed by atoms with Crippen molar-refractivity contribution in [3.63, 3.8) is 0 Å². The Kier molecular flexibility index (Phi) is 6.00. The van der Waals surface area contributed by atoms with Crippen LogP contribution in [0.2, 0.25) is 0 Å². The molecular weight excluding hydrogens is 334 g/mol. The van der Waals surface area contributed by atoms with Gasteiger partial charge in [-0.25, -0.2) is 0 Å². The SMILES string of the molecule is Cc1ccc2c(c1)C(=O)N(CCC(=O)NCCCN1CCOCC1)C2=O. The van der Waals surface area contributed by atoms with Gasteiger partial charge >= 0.3 is 0 Å². The maximum absolute atomic E-state index is 12.4. The molecule has 1 aromatic rings. The maximum atomic E-state index is 12.4. The van der Waals surface area contributed by atoms with E-state index in [0.717, 1.165) is 49.7 Å². The van der Waals surface area contributed by atoms with Gasteiger partial charge in [0.05, 0.1) is 24.3 Å². The first-order chi connectivity index (χ1) is 12.6. The summed E-state index contributed by atoms with van der Waals surface area (Å²) in [6.07, 6.45) is 1.00. The maximum Gasteiger partial charge on any atom is 0.261 e. The largest absolute Gasteiger partial charge is 0.379 e. The molecule has 1 saturated heterocycles. The van der Waals surface area contributed by atoms with E-state index < -0.39 is 0 Å². The highest BCUT2D eigenvalue weighted by molar-refractivity contribution is 6.21. The average molecular weight is 359 g/mol. The molecule has 0 atom stereocenters. The van der Waals surface area contributed by atoms with E-state index in [1.165, 1.54) is 0 Å². The summed E-state index contributed by atoms with van der Waals surface area (Å²) < 4.78 is 5.30. The summed E-state index contributed by atoms with van der Waals surface area (Å²) in [5.74, 6) is -0.765. The molecule has 2 aliphatic heterocycles. The summed E-state index contributed by atoms with van der Waals surface area (Å²) >= 11 is 0. The van der Waals surface area contributed by atoms with Crippen LogP contribution in [-0.2, 0) is 9.53 Å². The summed E-state index contributed by atoms with van der Waals surface area (Å²) in [5.41, 5.74) is 1.79. The van der Waals surface area contributed by atoms with Crippen molar-refractivity contribution in [3.05, 3.63) is 34.9 Å².